The maximum atomic E-state index is 14.1. The minimum Gasteiger partial charge on any atom is -0.479 e. The Labute approximate surface area is 159 Å². The number of sulfonamides is 1. The molecular formula is C18H15F3N2O4S. The number of fused-ring (bicyclic) bond motifs is 1. The molecule has 0 aliphatic carbocycles. The van der Waals surface area contributed by atoms with Crippen LogP contribution < -0.4 is 14.2 Å². The van der Waals surface area contributed by atoms with E-state index in [0.717, 1.165) is 6.07 Å². The Morgan fingerprint density at radius 3 is 2.54 bits per heavy atom. The van der Waals surface area contributed by atoms with Gasteiger partial charge in [0.1, 0.15) is 5.69 Å². The molecule has 1 N–H and O–H groups in total. The molecule has 1 aromatic heterocycles. The largest absolute Gasteiger partial charge is 0.479 e. The molecule has 0 amide bonds. The zero-order valence-corrected chi connectivity index (χ0v) is 15.3. The summed E-state index contributed by atoms with van der Waals surface area (Å²) in [5, 5.41) is 1.18. The molecule has 0 fully saturated rings. The second-order valence-electron chi connectivity index (χ2n) is 5.62. The van der Waals surface area contributed by atoms with Crippen LogP contribution in [0.25, 0.3) is 10.8 Å². The Kier molecular flexibility index (Phi) is 5.59. The molecule has 1 heterocycles. The van der Waals surface area contributed by atoms with Crippen molar-refractivity contribution in [1.82, 2.24) is 4.98 Å². The first-order valence-electron chi connectivity index (χ1n) is 7.98. The van der Waals surface area contributed by atoms with Crippen LogP contribution in [0, 0.1) is 5.82 Å². The molecule has 0 bridgehead atoms. The highest BCUT2D eigenvalue weighted by atomic mass is 32.2. The number of nitrogens with zero attached hydrogens (tertiary/aromatic N) is 1. The quantitative estimate of drug-likeness (QED) is 0.638. The van der Waals surface area contributed by atoms with Gasteiger partial charge < -0.3 is 9.47 Å². The minimum atomic E-state index is -4.13. The summed E-state index contributed by atoms with van der Waals surface area (Å²) in [7, 11) is -2.95. The van der Waals surface area contributed by atoms with Crippen molar-refractivity contribution in [3.05, 3.63) is 54.3 Å². The van der Waals surface area contributed by atoms with E-state index in [0.29, 0.717) is 10.8 Å². The highest BCUT2D eigenvalue weighted by molar-refractivity contribution is 7.93. The number of aromatic nitrogens is 1. The van der Waals surface area contributed by atoms with Gasteiger partial charge in [0.25, 0.3) is 22.3 Å². The summed E-state index contributed by atoms with van der Waals surface area (Å²) in [5.74, 6) is -2.16. The first-order chi connectivity index (χ1) is 13.3. The summed E-state index contributed by atoms with van der Waals surface area (Å²) in [6.45, 7) is -1.06. The van der Waals surface area contributed by atoms with Crippen LogP contribution in [0.1, 0.15) is 0 Å². The monoisotopic (exact) mass is 412 g/mol. The summed E-state index contributed by atoms with van der Waals surface area (Å²) in [4.78, 5) is 3.60. The van der Waals surface area contributed by atoms with Crippen molar-refractivity contribution >= 4 is 26.5 Å². The maximum Gasteiger partial charge on any atom is 0.272 e. The van der Waals surface area contributed by atoms with Gasteiger partial charge in [0.15, 0.2) is 12.4 Å². The predicted molar refractivity (Wildman–Crippen MR) is 97.0 cm³/mol. The van der Waals surface area contributed by atoms with Crippen LogP contribution in [0.15, 0.2) is 53.4 Å². The Balaban J connectivity index is 1.99. The first kappa shape index (κ1) is 19.7. The van der Waals surface area contributed by atoms with Crippen LogP contribution in [0.2, 0.25) is 0 Å². The summed E-state index contributed by atoms with van der Waals surface area (Å²) in [5.41, 5.74) is -0.294. The number of ether oxygens (including phenoxy) is 2. The number of benzene rings is 2. The molecular weight excluding hydrogens is 397 g/mol. The Bertz CT molecular complexity index is 1100. The number of hydrogen-bond acceptors (Lipinski definition) is 5. The molecule has 148 valence electrons. The van der Waals surface area contributed by atoms with E-state index in [-0.39, 0.29) is 16.5 Å². The number of rotatable bonds is 7. The molecule has 0 saturated carbocycles. The molecule has 2 aromatic carbocycles. The van der Waals surface area contributed by atoms with Crippen molar-refractivity contribution in [3.63, 3.8) is 0 Å². The van der Waals surface area contributed by atoms with Gasteiger partial charge in [-0.25, -0.2) is 21.6 Å². The van der Waals surface area contributed by atoms with Crippen molar-refractivity contribution in [2.75, 3.05) is 18.4 Å². The second-order valence-corrected chi connectivity index (χ2v) is 7.27. The summed E-state index contributed by atoms with van der Waals surface area (Å²) in [6, 6.07) is 12.4. The standard InChI is InChI=1S/C18H15F3N2O4S/c1-26-18-14(9-13(19)17(22-18)27-10-16(20)21)23-28(24,25)15-8-4-6-11-5-2-3-7-12(11)15/h2-9,16,23H,10H2,1H3. The lowest BCUT2D eigenvalue weighted by atomic mass is 10.1. The number of pyridine rings is 1. The van der Waals surface area contributed by atoms with Gasteiger partial charge in [0.2, 0.25) is 5.88 Å². The third-order valence-corrected chi connectivity index (χ3v) is 5.16. The zero-order chi connectivity index (χ0) is 20.3. The SMILES string of the molecule is COc1nc(OCC(F)F)c(F)cc1NS(=O)(=O)c1cccc2ccccc12. The number of halogens is 3. The van der Waals surface area contributed by atoms with Gasteiger partial charge in [0.05, 0.1) is 12.0 Å². The summed E-state index contributed by atoms with van der Waals surface area (Å²) in [6.07, 6.45) is -2.82. The molecule has 6 nitrogen and oxygen atoms in total. The van der Waals surface area contributed by atoms with Gasteiger partial charge >= 0.3 is 0 Å². The molecule has 10 heteroatoms. The highest BCUT2D eigenvalue weighted by Gasteiger charge is 2.22. The molecule has 0 aliphatic heterocycles. The lowest BCUT2D eigenvalue weighted by molar-refractivity contribution is 0.0770. The van der Waals surface area contributed by atoms with E-state index >= 15 is 0 Å². The van der Waals surface area contributed by atoms with Gasteiger partial charge in [-0.05, 0) is 11.5 Å². The molecule has 0 radical (unpaired) electrons. The lowest BCUT2D eigenvalue weighted by Gasteiger charge is -2.14. The Morgan fingerprint density at radius 1 is 1.11 bits per heavy atom. The summed E-state index contributed by atoms with van der Waals surface area (Å²) >= 11 is 0. The highest BCUT2D eigenvalue weighted by Crippen LogP contribution is 2.31. The van der Waals surface area contributed by atoms with E-state index in [1.165, 1.54) is 13.2 Å². The van der Waals surface area contributed by atoms with E-state index in [1.807, 2.05) is 0 Å². The van der Waals surface area contributed by atoms with Crippen LogP contribution >= 0.6 is 0 Å². The normalized spacial score (nSPS) is 11.6. The zero-order valence-electron chi connectivity index (χ0n) is 14.5. The Morgan fingerprint density at radius 2 is 1.82 bits per heavy atom. The number of alkyl halides is 2. The van der Waals surface area contributed by atoms with Gasteiger partial charge in [-0.3, -0.25) is 4.72 Å². The van der Waals surface area contributed by atoms with Crippen LogP contribution in [-0.2, 0) is 10.0 Å². The van der Waals surface area contributed by atoms with Gasteiger partial charge in [-0.2, -0.15) is 4.98 Å². The fourth-order valence-corrected chi connectivity index (χ4v) is 3.84. The first-order valence-corrected chi connectivity index (χ1v) is 9.46. The number of anilines is 1. The number of methoxy groups -OCH3 is 1. The smallest absolute Gasteiger partial charge is 0.272 e. The van der Waals surface area contributed by atoms with Crippen LogP contribution in [0.4, 0.5) is 18.9 Å². The van der Waals surface area contributed by atoms with Crippen LogP contribution in [0.5, 0.6) is 11.8 Å². The third-order valence-electron chi connectivity index (χ3n) is 3.73. The van der Waals surface area contributed by atoms with Crippen molar-refractivity contribution < 1.29 is 31.1 Å². The molecule has 0 spiro atoms. The van der Waals surface area contributed by atoms with E-state index in [1.54, 1.807) is 36.4 Å². The van der Waals surface area contributed by atoms with E-state index in [2.05, 4.69) is 14.4 Å². The van der Waals surface area contributed by atoms with Crippen LogP contribution in [0.3, 0.4) is 0 Å². The molecule has 3 rings (SSSR count). The molecule has 28 heavy (non-hydrogen) atoms. The fourth-order valence-electron chi connectivity index (χ4n) is 2.56. The second kappa shape index (κ2) is 7.93. The fraction of sp³-hybridized carbons (Fsp3) is 0.167. The average Bonchev–Trinajstić information content (AvgIpc) is 2.66. The minimum absolute atomic E-state index is 0.0221. The molecule has 0 atom stereocenters. The Hall–Kier alpha value is -3.01. The van der Waals surface area contributed by atoms with Gasteiger partial charge in [-0.1, -0.05) is 36.4 Å². The predicted octanol–water partition coefficient (Wildman–Crippen LogP) is 3.83. The third kappa shape index (κ3) is 4.11. The lowest BCUT2D eigenvalue weighted by Crippen LogP contribution is -2.15. The maximum absolute atomic E-state index is 14.1. The molecule has 0 saturated heterocycles. The molecule has 0 aliphatic rings. The van der Waals surface area contributed by atoms with Crippen molar-refractivity contribution in [3.8, 4) is 11.8 Å². The molecule has 0 unspecified atom stereocenters. The molecule has 3 aromatic rings. The van der Waals surface area contributed by atoms with Crippen molar-refractivity contribution in [2.24, 2.45) is 0 Å². The van der Waals surface area contributed by atoms with Crippen molar-refractivity contribution in [1.29, 1.82) is 0 Å². The van der Waals surface area contributed by atoms with Gasteiger partial charge in [-0.15, -0.1) is 0 Å². The number of hydrogen-bond donors (Lipinski definition) is 1. The topological polar surface area (TPSA) is 77.5 Å². The van der Waals surface area contributed by atoms with Crippen molar-refractivity contribution in [2.45, 2.75) is 11.3 Å². The average molecular weight is 412 g/mol. The van der Waals surface area contributed by atoms with E-state index in [9.17, 15) is 21.6 Å². The summed E-state index contributed by atoms with van der Waals surface area (Å²) < 4.78 is 76.1. The van der Waals surface area contributed by atoms with E-state index < -0.39 is 34.8 Å². The van der Waals surface area contributed by atoms with Gasteiger partial charge in [0, 0.05) is 11.5 Å². The van der Waals surface area contributed by atoms with E-state index in [4.69, 9.17) is 4.74 Å². The number of nitrogens with one attached hydrogen (secondary N) is 1. The van der Waals surface area contributed by atoms with Crippen LogP contribution in [-0.4, -0.2) is 33.5 Å².